The quantitative estimate of drug-likeness (QED) is 0.456. The Morgan fingerprint density at radius 3 is 2.51 bits per heavy atom. The number of likely N-dealkylation sites (tertiary alicyclic amines) is 1. The molecule has 0 unspecified atom stereocenters. The molecule has 2 aromatic carbocycles. The summed E-state index contributed by atoms with van der Waals surface area (Å²) in [7, 11) is 0. The molecule has 1 amide bonds. The Hall–Kier alpha value is -2.32. The Kier molecular flexibility index (Phi) is 5.68. The highest BCUT2D eigenvalue weighted by Gasteiger charge is 2.82. The molecular weight excluding hydrogens is 538 g/mol. The van der Waals surface area contributed by atoms with Gasteiger partial charge in [-0.1, -0.05) is 24.3 Å². The molecule has 4 aliphatic carbocycles. The molecule has 8 heteroatoms. The largest absolute Gasteiger partial charge is 0.504 e. The normalized spacial score (nSPS) is 38.1. The van der Waals surface area contributed by atoms with Gasteiger partial charge in [-0.05, 0) is 93.5 Å². The number of carbonyl (C=O) groups is 1. The number of phenols is 1. The maximum absolute atomic E-state index is 13.6. The number of ether oxygens (including phenoxy) is 1. The maximum atomic E-state index is 13.6. The van der Waals surface area contributed by atoms with Crippen molar-refractivity contribution in [2.24, 2.45) is 11.8 Å². The summed E-state index contributed by atoms with van der Waals surface area (Å²) in [5.74, 6) is 2.15. The van der Waals surface area contributed by atoms with E-state index in [-0.39, 0.29) is 47.5 Å². The van der Waals surface area contributed by atoms with E-state index < -0.39 is 11.7 Å². The SMILES string of the molecule is Cl.O=C(C[C@H]1N(CC2CC2)[C@@]23CC[C@]1(O)[C@@H]1Oc4c(O)ccc5c4[C@]12CCN(CC1CC1)[C@@H]3C5)Nc1ccccc1. The van der Waals surface area contributed by atoms with Crippen LogP contribution in [0.3, 0.4) is 0 Å². The lowest BCUT2D eigenvalue weighted by Gasteiger charge is -2.77. The molecule has 3 saturated carbocycles. The highest BCUT2D eigenvalue weighted by Crippen LogP contribution is 2.72. The van der Waals surface area contributed by atoms with Gasteiger partial charge in [0.15, 0.2) is 11.5 Å². The number of rotatable bonds is 7. The summed E-state index contributed by atoms with van der Waals surface area (Å²) in [5, 5.41) is 27.0. The van der Waals surface area contributed by atoms with Gasteiger partial charge in [-0.15, -0.1) is 12.4 Å². The molecule has 4 bridgehead atoms. The molecule has 0 aromatic heterocycles. The molecule has 4 aliphatic heterocycles. The zero-order valence-corrected chi connectivity index (χ0v) is 24.2. The molecule has 8 aliphatic rings. The van der Waals surface area contributed by atoms with Gasteiger partial charge in [0.25, 0.3) is 0 Å². The molecule has 218 valence electrons. The fourth-order valence-electron chi connectivity index (χ4n) is 10.1. The van der Waals surface area contributed by atoms with E-state index in [0.29, 0.717) is 24.1 Å². The van der Waals surface area contributed by atoms with Crippen molar-refractivity contribution in [3.63, 3.8) is 0 Å². The first-order valence-electron chi connectivity index (χ1n) is 15.5. The van der Waals surface area contributed by atoms with Crippen molar-refractivity contribution in [1.82, 2.24) is 9.80 Å². The Balaban J connectivity index is 0.00000256. The van der Waals surface area contributed by atoms with Gasteiger partial charge in [-0.3, -0.25) is 14.6 Å². The van der Waals surface area contributed by atoms with Crippen LogP contribution in [0.4, 0.5) is 5.69 Å². The van der Waals surface area contributed by atoms with Crippen LogP contribution in [0.1, 0.15) is 62.5 Å². The number of aliphatic hydroxyl groups is 1. The predicted octanol–water partition coefficient (Wildman–Crippen LogP) is 4.24. The average Bonchev–Trinajstić information content (AvgIpc) is 3.88. The highest BCUT2D eigenvalue weighted by molar-refractivity contribution is 5.91. The second-order valence-electron chi connectivity index (χ2n) is 14.0. The van der Waals surface area contributed by atoms with Crippen molar-refractivity contribution >= 4 is 24.0 Å². The number of fused-ring (bicyclic) bond motifs is 2. The molecule has 3 saturated heterocycles. The third-order valence-electron chi connectivity index (χ3n) is 11.9. The minimum atomic E-state index is -1.17. The number of amides is 1. The fourth-order valence-corrected chi connectivity index (χ4v) is 10.1. The number of nitrogens with one attached hydrogen (secondary N) is 1. The number of piperidine rings is 3. The lowest BCUT2D eigenvalue weighted by Crippen LogP contribution is -2.91. The minimum Gasteiger partial charge on any atom is -0.504 e. The van der Waals surface area contributed by atoms with Crippen molar-refractivity contribution in [3.8, 4) is 11.5 Å². The van der Waals surface area contributed by atoms with E-state index >= 15 is 0 Å². The number of phenolic OH excluding ortho intramolecular Hbond substituents is 1. The van der Waals surface area contributed by atoms with Crippen LogP contribution in [0.5, 0.6) is 11.5 Å². The van der Waals surface area contributed by atoms with Crippen LogP contribution in [0.2, 0.25) is 0 Å². The van der Waals surface area contributed by atoms with Crippen LogP contribution in [0.15, 0.2) is 42.5 Å². The van der Waals surface area contributed by atoms with Crippen molar-refractivity contribution in [1.29, 1.82) is 0 Å². The molecule has 7 nitrogen and oxygen atoms in total. The van der Waals surface area contributed by atoms with Crippen LogP contribution in [-0.4, -0.2) is 74.9 Å². The summed E-state index contributed by atoms with van der Waals surface area (Å²) in [4.78, 5) is 19.1. The van der Waals surface area contributed by atoms with E-state index in [2.05, 4.69) is 21.2 Å². The van der Waals surface area contributed by atoms with Gasteiger partial charge in [-0.25, -0.2) is 0 Å². The van der Waals surface area contributed by atoms with Crippen LogP contribution in [0.25, 0.3) is 0 Å². The topological polar surface area (TPSA) is 85.3 Å². The minimum absolute atomic E-state index is 0. The van der Waals surface area contributed by atoms with E-state index in [4.69, 9.17) is 4.74 Å². The third-order valence-corrected chi connectivity index (χ3v) is 11.9. The highest BCUT2D eigenvalue weighted by atomic mass is 35.5. The van der Waals surface area contributed by atoms with Gasteiger partial charge in [0.2, 0.25) is 5.91 Å². The second kappa shape index (κ2) is 8.85. The number of carbonyl (C=O) groups excluding carboxylic acids is 1. The molecule has 2 spiro atoms. The summed E-state index contributed by atoms with van der Waals surface area (Å²) in [6, 6.07) is 13.5. The van der Waals surface area contributed by atoms with Crippen molar-refractivity contribution in [2.75, 3.05) is 25.0 Å². The summed E-state index contributed by atoms with van der Waals surface area (Å²) in [6.07, 6.45) is 8.29. The van der Waals surface area contributed by atoms with Gasteiger partial charge in [0.05, 0.1) is 17.0 Å². The molecule has 4 heterocycles. The van der Waals surface area contributed by atoms with E-state index in [0.717, 1.165) is 50.5 Å². The Bertz CT molecular complexity index is 1400. The molecule has 2 aromatic rings. The number of benzene rings is 2. The molecule has 6 fully saturated rings. The lowest BCUT2D eigenvalue weighted by atomic mass is 9.40. The predicted molar refractivity (Wildman–Crippen MR) is 158 cm³/mol. The van der Waals surface area contributed by atoms with Crippen molar-refractivity contribution in [2.45, 2.75) is 92.5 Å². The molecular formula is C33H40ClN3O4. The summed E-state index contributed by atoms with van der Waals surface area (Å²) >= 11 is 0. The standard InChI is InChI=1S/C33H39N3O4.ClH/c37-24-11-10-22-16-26-33-13-12-32(39,30-31(33,28(22)29(24)40-30)14-15-35(26)18-20-6-7-20)25(36(33)19-21-8-9-21)17-27(38)34-23-4-2-1-3-5-23;/h1-5,10-11,20-21,25-26,30,37,39H,6-9,12-19H2,(H,34,38);1H/t25-,26-,30-,31-,32-,33-;/m1./s1. The van der Waals surface area contributed by atoms with Crippen molar-refractivity contribution in [3.05, 3.63) is 53.6 Å². The Labute approximate surface area is 247 Å². The van der Waals surface area contributed by atoms with Crippen LogP contribution >= 0.6 is 12.4 Å². The van der Waals surface area contributed by atoms with Gasteiger partial charge in [0.1, 0.15) is 11.7 Å². The number of para-hydroxylation sites is 1. The number of hydrogen-bond donors (Lipinski definition) is 3. The van der Waals surface area contributed by atoms with Crippen molar-refractivity contribution < 1.29 is 19.7 Å². The first kappa shape index (κ1) is 26.3. The van der Waals surface area contributed by atoms with E-state index in [1.807, 2.05) is 30.3 Å². The average molecular weight is 578 g/mol. The zero-order valence-electron chi connectivity index (χ0n) is 23.4. The number of hydrogen-bond acceptors (Lipinski definition) is 6. The van der Waals surface area contributed by atoms with E-state index in [1.165, 1.54) is 36.8 Å². The summed E-state index contributed by atoms with van der Waals surface area (Å²) in [6.45, 7) is 3.08. The van der Waals surface area contributed by atoms with Crippen LogP contribution < -0.4 is 10.1 Å². The zero-order chi connectivity index (χ0) is 26.9. The van der Waals surface area contributed by atoms with Crippen LogP contribution in [0, 0.1) is 11.8 Å². The van der Waals surface area contributed by atoms with E-state index in [1.54, 1.807) is 6.07 Å². The molecule has 0 radical (unpaired) electrons. The van der Waals surface area contributed by atoms with Gasteiger partial charge >= 0.3 is 0 Å². The fraction of sp³-hybridized carbons (Fsp3) is 0.606. The number of halogens is 1. The summed E-state index contributed by atoms with van der Waals surface area (Å²) in [5.41, 5.74) is 1.48. The Morgan fingerprint density at radius 2 is 1.76 bits per heavy atom. The second-order valence-corrected chi connectivity index (χ2v) is 14.0. The first-order valence-corrected chi connectivity index (χ1v) is 15.5. The first-order chi connectivity index (χ1) is 19.4. The molecule has 6 atom stereocenters. The van der Waals surface area contributed by atoms with Gasteiger partial charge in [0, 0.05) is 36.8 Å². The number of anilines is 1. The number of aromatic hydroxyl groups is 1. The Morgan fingerprint density at radius 1 is 1.00 bits per heavy atom. The maximum Gasteiger partial charge on any atom is 0.226 e. The molecule has 10 rings (SSSR count). The molecule has 41 heavy (non-hydrogen) atoms. The monoisotopic (exact) mass is 577 g/mol. The smallest absolute Gasteiger partial charge is 0.226 e. The number of nitrogens with zero attached hydrogens (tertiary/aromatic N) is 2. The lowest BCUT2D eigenvalue weighted by molar-refractivity contribution is -0.293. The van der Waals surface area contributed by atoms with Crippen LogP contribution in [-0.2, 0) is 16.6 Å². The van der Waals surface area contributed by atoms with Gasteiger partial charge in [-0.2, -0.15) is 0 Å². The molecule has 3 N–H and O–H groups in total. The van der Waals surface area contributed by atoms with E-state index in [9.17, 15) is 15.0 Å². The summed E-state index contributed by atoms with van der Waals surface area (Å²) < 4.78 is 6.79. The third kappa shape index (κ3) is 3.41. The van der Waals surface area contributed by atoms with Gasteiger partial charge < -0.3 is 20.3 Å².